The number of methoxy groups -OCH3 is 1. The predicted molar refractivity (Wildman–Crippen MR) is 80.4 cm³/mol. The first kappa shape index (κ1) is 16.7. The molecule has 1 aromatic carbocycles. The number of nitrogens with two attached hydrogens (primary N) is 1. The third-order valence-corrected chi connectivity index (χ3v) is 4.28. The Morgan fingerprint density at radius 2 is 2.00 bits per heavy atom. The zero-order valence-electron chi connectivity index (χ0n) is 12.2. The summed E-state index contributed by atoms with van der Waals surface area (Å²) in [6.45, 7) is 1.33. The molecule has 0 atom stereocenters. The fraction of sp³-hybridized carbons (Fsp3) is 0.538. The van der Waals surface area contributed by atoms with Crippen molar-refractivity contribution in [2.75, 3.05) is 40.0 Å². The summed E-state index contributed by atoms with van der Waals surface area (Å²) >= 11 is 0. The number of nitrogens with one attached hydrogen (secondary N) is 1. The van der Waals surface area contributed by atoms with Gasteiger partial charge in [-0.25, -0.2) is 13.1 Å². The summed E-state index contributed by atoms with van der Waals surface area (Å²) < 4.78 is 32.0. The highest BCUT2D eigenvalue weighted by Gasteiger charge is 2.19. The molecule has 7 heteroatoms. The van der Waals surface area contributed by atoms with E-state index in [0.29, 0.717) is 18.0 Å². The molecular weight excluding hydrogens is 278 g/mol. The highest BCUT2D eigenvalue weighted by molar-refractivity contribution is 7.89. The number of benzene rings is 1. The molecule has 0 heterocycles. The Labute approximate surface area is 121 Å². The first-order valence-electron chi connectivity index (χ1n) is 6.44. The summed E-state index contributed by atoms with van der Waals surface area (Å²) in [5, 5.41) is 0. The topological polar surface area (TPSA) is 84.7 Å². The van der Waals surface area contributed by atoms with Gasteiger partial charge in [0.25, 0.3) is 0 Å². The third-order valence-electron chi connectivity index (χ3n) is 2.80. The van der Waals surface area contributed by atoms with Crippen molar-refractivity contribution in [1.82, 2.24) is 9.62 Å². The van der Waals surface area contributed by atoms with Gasteiger partial charge in [-0.05, 0) is 51.7 Å². The summed E-state index contributed by atoms with van der Waals surface area (Å²) in [6, 6.07) is 4.56. The Balaban J connectivity index is 2.67. The number of anilines is 1. The molecule has 0 aromatic heterocycles. The number of nitrogens with zero attached hydrogens (tertiary/aromatic N) is 1. The van der Waals surface area contributed by atoms with Crippen molar-refractivity contribution in [3.05, 3.63) is 18.2 Å². The molecule has 0 fully saturated rings. The molecule has 0 aliphatic rings. The maximum absolute atomic E-state index is 12.2. The van der Waals surface area contributed by atoms with Gasteiger partial charge in [-0.3, -0.25) is 0 Å². The lowest BCUT2D eigenvalue weighted by atomic mass is 10.3. The number of ether oxygens (including phenoxy) is 1. The maximum Gasteiger partial charge on any atom is 0.244 e. The lowest BCUT2D eigenvalue weighted by Gasteiger charge is -2.12. The number of nitrogen functional groups attached to an aromatic ring is 1. The maximum atomic E-state index is 12.2. The van der Waals surface area contributed by atoms with Gasteiger partial charge in [0.2, 0.25) is 10.0 Å². The van der Waals surface area contributed by atoms with Gasteiger partial charge in [-0.15, -0.1) is 0 Å². The average molecular weight is 301 g/mol. The van der Waals surface area contributed by atoms with Crippen molar-refractivity contribution in [1.29, 1.82) is 0 Å². The monoisotopic (exact) mass is 301 g/mol. The van der Waals surface area contributed by atoms with E-state index in [-0.39, 0.29) is 4.90 Å². The molecule has 0 aliphatic heterocycles. The van der Waals surface area contributed by atoms with Crippen LogP contribution in [-0.2, 0) is 10.0 Å². The minimum atomic E-state index is -3.59. The molecular formula is C13H23N3O3S. The van der Waals surface area contributed by atoms with Crippen molar-refractivity contribution in [3.8, 4) is 5.75 Å². The molecule has 0 unspecified atom stereocenters. The van der Waals surface area contributed by atoms with E-state index >= 15 is 0 Å². The van der Waals surface area contributed by atoms with Crippen LogP contribution in [0.5, 0.6) is 5.75 Å². The van der Waals surface area contributed by atoms with Crippen LogP contribution in [0.4, 0.5) is 5.69 Å². The first-order valence-corrected chi connectivity index (χ1v) is 7.93. The van der Waals surface area contributed by atoms with Gasteiger partial charge >= 0.3 is 0 Å². The van der Waals surface area contributed by atoms with Crippen LogP contribution < -0.4 is 15.2 Å². The molecule has 6 nitrogen and oxygen atoms in total. The summed E-state index contributed by atoms with van der Waals surface area (Å²) in [7, 11) is 1.81. The second kappa shape index (κ2) is 7.47. The lowest BCUT2D eigenvalue weighted by Crippen LogP contribution is -2.26. The molecule has 1 aromatic rings. The molecule has 0 radical (unpaired) electrons. The SMILES string of the molecule is COc1ccc(N)cc1S(=O)(=O)NCCCCN(C)C. The summed E-state index contributed by atoms with van der Waals surface area (Å²) in [6.07, 6.45) is 1.71. The molecule has 0 saturated heterocycles. The van der Waals surface area contributed by atoms with Crippen LogP contribution in [0.2, 0.25) is 0 Å². The average Bonchev–Trinajstić information content (AvgIpc) is 2.37. The number of unbranched alkanes of at least 4 members (excludes halogenated alkanes) is 1. The zero-order chi connectivity index (χ0) is 15.2. The van der Waals surface area contributed by atoms with Gasteiger partial charge in [-0.2, -0.15) is 0 Å². The largest absolute Gasteiger partial charge is 0.495 e. The van der Waals surface area contributed by atoms with E-state index in [4.69, 9.17) is 10.5 Å². The zero-order valence-corrected chi connectivity index (χ0v) is 13.0. The fourth-order valence-electron chi connectivity index (χ4n) is 1.74. The molecule has 0 aliphatic carbocycles. The standard InChI is InChI=1S/C13H23N3O3S/c1-16(2)9-5-4-8-15-20(17,18)13-10-11(14)6-7-12(13)19-3/h6-7,10,15H,4-5,8-9,14H2,1-3H3. The second-order valence-corrected chi connectivity index (χ2v) is 6.55. The van der Waals surface area contributed by atoms with Gasteiger partial charge in [-0.1, -0.05) is 0 Å². The second-order valence-electron chi connectivity index (χ2n) is 4.82. The van der Waals surface area contributed by atoms with E-state index in [9.17, 15) is 8.42 Å². The normalized spacial score (nSPS) is 11.8. The van der Waals surface area contributed by atoms with Crippen molar-refractivity contribution in [2.45, 2.75) is 17.7 Å². The Kier molecular flexibility index (Phi) is 6.25. The van der Waals surface area contributed by atoms with Crippen molar-refractivity contribution < 1.29 is 13.2 Å². The molecule has 0 saturated carbocycles. The van der Waals surface area contributed by atoms with Crippen LogP contribution in [-0.4, -0.2) is 47.6 Å². The molecule has 0 amide bonds. The van der Waals surface area contributed by atoms with Crippen molar-refractivity contribution in [3.63, 3.8) is 0 Å². The van der Waals surface area contributed by atoms with Crippen molar-refractivity contribution >= 4 is 15.7 Å². The lowest BCUT2D eigenvalue weighted by molar-refractivity contribution is 0.394. The van der Waals surface area contributed by atoms with Gasteiger partial charge < -0.3 is 15.4 Å². The van der Waals surface area contributed by atoms with Crippen LogP contribution in [0.25, 0.3) is 0 Å². The minimum absolute atomic E-state index is 0.0765. The van der Waals surface area contributed by atoms with Crippen LogP contribution in [0.3, 0.4) is 0 Å². The number of rotatable bonds is 8. The number of hydrogen-bond donors (Lipinski definition) is 2. The predicted octanol–water partition coefficient (Wildman–Crippen LogP) is 0.898. The van der Waals surface area contributed by atoms with E-state index < -0.39 is 10.0 Å². The van der Waals surface area contributed by atoms with Crippen LogP contribution in [0.15, 0.2) is 23.1 Å². The quantitative estimate of drug-likeness (QED) is 0.550. The van der Waals surface area contributed by atoms with Crippen LogP contribution in [0, 0.1) is 0 Å². The highest BCUT2D eigenvalue weighted by Crippen LogP contribution is 2.25. The van der Waals surface area contributed by atoms with Crippen LogP contribution >= 0.6 is 0 Å². The number of hydrogen-bond acceptors (Lipinski definition) is 5. The fourth-order valence-corrected chi connectivity index (χ4v) is 3.02. The van der Waals surface area contributed by atoms with E-state index in [1.165, 1.54) is 13.2 Å². The smallest absolute Gasteiger partial charge is 0.244 e. The highest BCUT2D eigenvalue weighted by atomic mass is 32.2. The van der Waals surface area contributed by atoms with E-state index in [2.05, 4.69) is 9.62 Å². The van der Waals surface area contributed by atoms with Gasteiger partial charge in [0.05, 0.1) is 7.11 Å². The molecule has 1 rings (SSSR count). The Hall–Kier alpha value is -1.31. The summed E-state index contributed by atoms with van der Waals surface area (Å²) in [5.41, 5.74) is 6.02. The van der Waals surface area contributed by atoms with Gasteiger partial charge in [0.15, 0.2) is 0 Å². The van der Waals surface area contributed by atoms with Crippen LogP contribution in [0.1, 0.15) is 12.8 Å². The Morgan fingerprint density at radius 3 is 2.60 bits per heavy atom. The molecule has 114 valence electrons. The molecule has 0 bridgehead atoms. The summed E-state index contributed by atoms with van der Waals surface area (Å²) in [4.78, 5) is 2.14. The van der Waals surface area contributed by atoms with E-state index in [1.807, 2.05) is 14.1 Å². The summed E-state index contributed by atoms with van der Waals surface area (Å²) in [5.74, 6) is 0.292. The van der Waals surface area contributed by atoms with E-state index in [1.54, 1.807) is 12.1 Å². The van der Waals surface area contributed by atoms with E-state index in [0.717, 1.165) is 19.4 Å². The number of sulfonamides is 1. The van der Waals surface area contributed by atoms with Crippen molar-refractivity contribution in [2.24, 2.45) is 0 Å². The Bertz CT molecular complexity index is 530. The van der Waals surface area contributed by atoms with Gasteiger partial charge in [0, 0.05) is 12.2 Å². The first-order chi connectivity index (χ1) is 9.36. The van der Waals surface area contributed by atoms with Gasteiger partial charge in [0.1, 0.15) is 10.6 Å². The molecule has 20 heavy (non-hydrogen) atoms. The Morgan fingerprint density at radius 1 is 1.30 bits per heavy atom. The minimum Gasteiger partial charge on any atom is -0.495 e. The molecule has 0 spiro atoms. The molecule has 3 N–H and O–H groups in total. The third kappa shape index (κ3) is 4.99.